The van der Waals surface area contributed by atoms with Gasteiger partial charge in [-0.2, -0.15) is 0 Å². The van der Waals surface area contributed by atoms with E-state index in [9.17, 15) is 13.5 Å². The zero-order chi connectivity index (χ0) is 13.1. The Morgan fingerprint density at radius 3 is 2.59 bits per heavy atom. The predicted octanol–water partition coefficient (Wildman–Crippen LogP) is 1.06. The SMILES string of the molecule is CNCC(O)c1ccc(S(C)(=O)=O)c(SC)c1. The van der Waals surface area contributed by atoms with Crippen LogP contribution in [0.15, 0.2) is 28.0 Å². The summed E-state index contributed by atoms with van der Waals surface area (Å²) in [5.74, 6) is 0. The van der Waals surface area contributed by atoms with Gasteiger partial charge in [0.1, 0.15) is 0 Å². The monoisotopic (exact) mass is 275 g/mol. The van der Waals surface area contributed by atoms with Gasteiger partial charge in [0.25, 0.3) is 0 Å². The van der Waals surface area contributed by atoms with E-state index in [4.69, 9.17) is 0 Å². The quantitative estimate of drug-likeness (QED) is 0.787. The van der Waals surface area contributed by atoms with Gasteiger partial charge in [-0.3, -0.25) is 0 Å². The molecule has 6 heteroatoms. The van der Waals surface area contributed by atoms with Gasteiger partial charge in [0.05, 0.1) is 11.0 Å². The Morgan fingerprint density at radius 2 is 2.12 bits per heavy atom. The van der Waals surface area contributed by atoms with Crippen molar-refractivity contribution in [3.05, 3.63) is 23.8 Å². The molecule has 2 N–H and O–H groups in total. The molecular formula is C11H17NO3S2. The molecule has 0 spiro atoms. The number of thioether (sulfide) groups is 1. The molecule has 1 atom stereocenters. The van der Waals surface area contributed by atoms with Crippen LogP contribution in [0.4, 0.5) is 0 Å². The fourth-order valence-electron chi connectivity index (χ4n) is 1.51. The van der Waals surface area contributed by atoms with Crippen LogP contribution < -0.4 is 5.32 Å². The molecule has 0 radical (unpaired) electrons. The lowest BCUT2D eigenvalue weighted by Gasteiger charge is -2.13. The molecule has 1 aromatic rings. The minimum absolute atomic E-state index is 0.311. The summed E-state index contributed by atoms with van der Waals surface area (Å²) in [4.78, 5) is 0.977. The van der Waals surface area contributed by atoms with E-state index in [0.29, 0.717) is 16.3 Å². The van der Waals surface area contributed by atoms with Crippen molar-refractivity contribution in [2.24, 2.45) is 0 Å². The Kier molecular flexibility index (Phi) is 5.00. The van der Waals surface area contributed by atoms with Crippen molar-refractivity contribution in [2.45, 2.75) is 15.9 Å². The van der Waals surface area contributed by atoms with Crippen LogP contribution in [0.1, 0.15) is 11.7 Å². The highest BCUT2D eigenvalue weighted by Crippen LogP contribution is 2.28. The topological polar surface area (TPSA) is 66.4 Å². The van der Waals surface area contributed by atoms with Crippen LogP contribution in [0.5, 0.6) is 0 Å². The predicted molar refractivity (Wildman–Crippen MR) is 70.2 cm³/mol. The summed E-state index contributed by atoms with van der Waals surface area (Å²) in [6, 6.07) is 4.93. The Balaban J connectivity index is 3.18. The molecule has 1 unspecified atom stereocenters. The van der Waals surface area contributed by atoms with E-state index >= 15 is 0 Å². The summed E-state index contributed by atoms with van der Waals surface area (Å²) in [7, 11) is -1.46. The lowest BCUT2D eigenvalue weighted by Crippen LogP contribution is -2.16. The standard InChI is InChI=1S/C11H17NO3S2/c1-12-7-9(13)8-4-5-11(17(3,14)15)10(6-8)16-2/h4-6,9,12-13H,7H2,1-3H3. The minimum Gasteiger partial charge on any atom is -0.387 e. The Morgan fingerprint density at radius 1 is 1.47 bits per heavy atom. The maximum atomic E-state index is 11.5. The van der Waals surface area contributed by atoms with Crippen molar-refractivity contribution in [3.63, 3.8) is 0 Å². The average molecular weight is 275 g/mol. The fourth-order valence-corrected chi connectivity index (χ4v) is 3.48. The van der Waals surface area contributed by atoms with Crippen LogP contribution in [-0.2, 0) is 9.84 Å². The summed E-state index contributed by atoms with van der Waals surface area (Å²) in [6.45, 7) is 0.437. The number of aliphatic hydroxyl groups excluding tert-OH is 1. The molecule has 0 saturated carbocycles. The van der Waals surface area contributed by atoms with E-state index in [1.165, 1.54) is 18.0 Å². The summed E-state index contributed by atoms with van der Waals surface area (Å²) in [6.07, 6.45) is 2.38. The third-order valence-electron chi connectivity index (χ3n) is 2.37. The van der Waals surface area contributed by atoms with Crippen LogP contribution in [0.3, 0.4) is 0 Å². The van der Waals surface area contributed by atoms with E-state index in [2.05, 4.69) is 5.32 Å². The number of hydrogen-bond donors (Lipinski definition) is 2. The van der Waals surface area contributed by atoms with Crippen LogP contribution in [0, 0.1) is 0 Å². The van der Waals surface area contributed by atoms with Crippen LogP contribution in [0.2, 0.25) is 0 Å². The van der Waals surface area contributed by atoms with Crippen LogP contribution >= 0.6 is 11.8 Å². The van der Waals surface area contributed by atoms with Gasteiger partial charge in [0.2, 0.25) is 0 Å². The number of nitrogens with one attached hydrogen (secondary N) is 1. The lowest BCUT2D eigenvalue weighted by atomic mass is 10.1. The highest BCUT2D eigenvalue weighted by atomic mass is 32.2. The highest BCUT2D eigenvalue weighted by Gasteiger charge is 2.15. The summed E-state index contributed by atoms with van der Waals surface area (Å²) < 4.78 is 23.1. The third kappa shape index (κ3) is 3.70. The van der Waals surface area contributed by atoms with Crippen LogP contribution in [0.25, 0.3) is 0 Å². The molecule has 0 fully saturated rings. The number of aliphatic hydroxyl groups is 1. The van der Waals surface area contributed by atoms with E-state index in [1.807, 2.05) is 6.26 Å². The molecule has 0 aliphatic carbocycles. The number of sulfone groups is 1. The molecule has 0 bridgehead atoms. The van der Waals surface area contributed by atoms with Gasteiger partial charge in [-0.05, 0) is 31.0 Å². The number of rotatable bonds is 5. The second-order valence-corrected chi connectivity index (χ2v) is 6.59. The van der Waals surface area contributed by atoms with Crippen molar-refractivity contribution >= 4 is 21.6 Å². The van der Waals surface area contributed by atoms with Gasteiger partial charge < -0.3 is 10.4 Å². The lowest BCUT2D eigenvalue weighted by molar-refractivity contribution is 0.177. The normalized spacial score (nSPS) is 13.6. The molecule has 1 rings (SSSR count). The Labute approximate surface area is 106 Å². The molecule has 0 amide bonds. The van der Waals surface area contributed by atoms with Gasteiger partial charge in [-0.15, -0.1) is 11.8 Å². The molecular weight excluding hydrogens is 258 g/mol. The molecule has 4 nitrogen and oxygen atoms in total. The second kappa shape index (κ2) is 5.86. The number of hydrogen-bond acceptors (Lipinski definition) is 5. The summed E-state index contributed by atoms with van der Waals surface area (Å²) >= 11 is 1.36. The molecule has 17 heavy (non-hydrogen) atoms. The molecule has 0 aliphatic heterocycles. The fraction of sp³-hybridized carbons (Fsp3) is 0.455. The zero-order valence-electron chi connectivity index (χ0n) is 10.1. The van der Waals surface area contributed by atoms with Crippen molar-refractivity contribution < 1.29 is 13.5 Å². The molecule has 0 saturated heterocycles. The zero-order valence-corrected chi connectivity index (χ0v) is 11.7. The van der Waals surface area contributed by atoms with E-state index < -0.39 is 15.9 Å². The summed E-state index contributed by atoms with van der Waals surface area (Å²) in [5, 5.41) is 12.7. The maximum Gasteiger partial charge on any atom is 0.176 e. The first-order chi connectivity index (χ1) is 7.90. The smallest absolute Gasteiger partial charge is 0.176 e. The van der Waals surface area contributed by atoms with Gasteiger partial charge >= 0.3 is 0 Å². The third-order valence-corrected chi connectivity index (χ3v) is 4.43. The van der Waals surface area contributed by atoms with Crippen LogP contribution in [-0.4, -0.2) is 39.6 Å². The molecule has 0 aromatic heterocycles. The maximum absolute atomic E-state index is 11.5. The van der Waals surface area contributed by atoms with E-state index in [1.54, 1.807) is 25.2 Å². The molecule has 0 heterocycles. The first-order valence-electron chi connectivity index (χ1n) is 5.10. The largest absolute Gasteiger partial charge is 0.387 e. The van der Waals surface area contributed by atoms with Crippen molar-refractivity contribution in [2.75, 3.05) is 26.1 Å². The first-order valence-corrected chi connectivity index (χ1v) is 8.22. The van der Waals surface area contributed by atoms with Crippen molar-refractivity contribution in [1.82, 2.24) is 5.32 Å². The highest BCUT2D eigenvalue weighted by molar-refractivity contribution is 7.99. The molecule has 1 aromatic carbocycles. The van der Waals surface area contributed by atoms with Crippen molar-refractivity contribution in [3.8, 4) is 0 Å². The summed E-state index contributed by atoms with van der Waals surface area (Å²) in [5.41, 5.74) is 0.719. The van der Waals surface area contributed by atoms with Gasteiger partial charge in [-0.25, -0.2) is 8.42 Å². The minimum atomic E-state index is -3.22. The molecule has 0 aliphatic rings. The number of benzene rings is 1. The van der Waals surface area contributed by atoms with Gasteiger partial charge in [0, 0.05) is 17.7 Å². The second-order valence-electron chi connectivity index (χ2n) is 3.76. The molecule has 96 valence electrons. The Bertz CT molecular complexity index is 485. The average Bonchev–Trinajstić information content (AvgIpc) is 2.27. The van der Waals surface area contributed by atoms with Gasteiger partial charge in [-0.1, -0.05) is 6.07 Å². The van der Waals surface area contributed by atoms with Gasteiger partial charge in [0.15, 0.2) is 9.84 Å². The van der Waals surface area contributed by atoms with E-state index in [-0.39, 0.29) is 0 Å². The van der Waals surface area contributed by atoms with E-state index in [0.717, 1.165) is 5.56 Å². The number of likely N-dealkylation sites (N-methyl/N-ethyl adjacent to an activating group) is 1. The Hall–Kier alpha value is -0.560. The first kappa shape index (κ1) is 14.5. The van der Waals surface area contributed by atoms with Crippen molar-refractivity contribution in [1.29, 1.82) is 0 Å².